The molecule has 4 rings (SSSR count). The van der Waals surface area contributed by atoms with Crippen molar-refractivity contribution in [1.29, 1.82) is 0 Å². The molecule has 4 aromatic rings. The number of furan rings is 1. The van der Waals surface area contributed by atoms with Crippen molar-refractivity contribution in [3.8, 4) is 0 Å². The summed E-state index contributed by atoms with van der Waals surface area (Å²) in [5.41, 5.74) is 1.24. The number of carbonyl (C=O) groups excluding carboxylic acids is 2. The maximum atomic E-state index is 12.4. The molecule has 30 heavy (non-hydrogen) atoms. The lowest BCUT2D eigenvalue weighted by Crippen LogP contribution is -2.14. The Morgan fingerprint density at radius 3 is 2.07 bits per heavy atom. The van der Waals surface area contributed by atoms with Crippen LogP contribution in [0.1, 0.15) is 20.9 Å². The minimum absolute atomic E-state index is 0.0373. The molecule has 8 heteroatoms. The lowest BCUT2D eigenvalue weighted by Gasteiger charge is -2.07. The Morgan fingerprint density at radius 2 is 1.40 bits per heavy atom. The predicted molar refractivity (Wildman–Crippen MR) is 112 cm³/mol. The van der Waals surface area contributed by atoms with Crippen molar-refractivity contribution in [3.63, 3.8) is 0 Å². The third-order valence-electron chi connectivity index (χ3n) is 4.40. The van der Waals surface area contributed by atoms with Crippen molar-refractivity contribution in [2.24, 2.45) is 0 Å². The zero-order chi connectivity index (χ0) is 21.1. The summed E-state index contributed by atoms with van der Waals surface area (Å²) in [5, 5.41) is 17.2. The number of anilines is 2. The predicted octanol–water partition coefficient (Wildman–Crippen LogP) is 4.85. The van der Waals surface area contributed by atoms with Crippen LogP contribution >= 0.6 is 0 Å². The second-order valence-corrected chi connectivity index (χ2v) is 6.41. The van der Waals surface area contributed by atoms with Gasteiger partial charge in [-0.3, -0.25) is 19.7 Å². The van der Waals surface area contributed by atoms with Gasteiger partial charge in [0.15, 0.2) is 5.76 Å². The molecule has 0 atom stereocenters. The fraction of sp³-hybridized carbons (Fsp3) is 0. The maximum Gasteiger partial charge on any atom is 0.291 e. The minimum Gasteiger partial charge on any atom is -0.451 e. The molecule has 1 aromatic heterocycles. The normalized spacial score (nSPS) is 10.5. The molecule has 148 valence electrons. The van der Waals surface area contributed by atoms with Crippen LogP contribution in [0.2, 0.25) is 0 Å². The van der Waals surface area contributed by atoms with Gasteiger partial charge in [0, 0.05) is 22.8 Å². The highest BCUT2D eigenvalue weighted by Crippen LogP contribution is 2.22. The molecule has 1 heterocycles. The first-order valence-electron chi connectivity index (χ1n) is 8.96. The average molecular weight is 401 g/mol. The Kier molecular flexibility index (Phi) is 4.96. The van der Waals surface area contributed by atoms with Gasteiger partial charge in [-0.15, -0.1) is 0 Å². The van der Waals surface area contributed by atoms with Crippen molar-refractivity contribution < 1.29 is 18.9 Å². The lowest BCUT2D eigenvalue weighted by molar-refractivity contribution is -0.385. The Hall–Kier alpha value is -4.46. The number of nitro benzene ring substituents is 1. The van der Waals surface area contributed by atoms with E-state index in [0.717, 1.165) is 5.39 Å². The molecule has 0 saturated heterocycles. The zero-order valence-corrected chi connectivity index (χ0v) is 15.5. The summed E-state index contributed by atoms with van der Waals surface area (Å²) in [5.74, 6) is -0.811. The number of nitro groups is 1. The SMILES string of the molecule is O=C(Nc1ccc(NC(=O)c2ccccc2[N+](=O)[O-])cc1)c1cc2ccccc2o1. The Bertz CT molecular complexity index is 1230. The van der Waals surface area contributed by atoms with E-state index in [1.165, 1.54) is 18.2 Å². The topological polar surface area (TPSA) is 114 Å². The summed E-state index contributed by atoms with van der Waals surface area (Å²) in [6.45, 7) is 0. The Morgan fingerprint density at radius 1 is 0.800 bits per heavy atom. The minimum atomic E-state index is -0.606. The summed E-state index contributed by atoms with van der Waals surface area (Å²) in [6, 6.07) is 21.1. The fourth-order valence-corrected chi connectivity index (χ4v) is 2.95. The van der Waals surface area contributed by atoms with Crippen LogP contribution in [0.25, 0.3) is 11.0 Å². The van der Waals surface area contributed by atoms with Crippen molar-refractivity contribution >= 4 is 39.8 Å². The molecule has 0 bridgehead atoms. The standard InChI is InChI=1S/C22H15N3O5/c26-21(17-6-2-3-7-18(17)25(28)29)23-15-9-11-16(12-10-15)24-22(27)20-13-14-5-1-4-8-19(14)30-20/h1-13H,(H,23,26)(H,24,27). The number of amides is 2. The van der Waals surface area contributed by atoms with E-state index in [0.29, 0.717) is 17.0 Å². The molecule has 2 N–H and O–H groups in total. The number of benzene rings is 3. The van der Waals surface area contributed by atoms with Crippen LogP contribution in [0.3, 0.4) is 0 Å². The van der Waals surface area contributed by atoms with Crippen molar-refractivity contribution in [3.05, 3.63) is 100 Å². The van der Waals surface area contributed by atoms with E-state index < -0.39 is 16.7 Å². The Labute approximate surface area is 170 Å². The number of nitrogens with one attached hydrogen (secondary N) is 2. The highest BCUT2D eigenvalue weighted by atomic mass is 16.6. The van der Waals surface area contributed by atoms with E-state index in [1.807, 2.05) is 18.2 Å². The quantitative estimate of drug-likeness (QED) is 0.367. The van der Waals surface area contributed by atoms with Gasteiger partial charge in [-0.25, -0.2) is 0 Å². The fourth-order valence-electron chi connectivity index (χ4n) is 2.95. The number of rotatable bonds is 5. The second-order valence-electron chi connectivity index (χ2n) is 6.41. The van der Waals surface area contributed by atoms with E-state index in [1.54, 1.807) is 42.5 Å². The van der Waals surface area contributed by atoms with Crippen LogP contribution in [-0.4, -0.2) is 16.7 Å². The van der Waals surface area contributed by atoms with E-state index in [4.69, 9.17) is 4.42 Å². The van der Waals surface area contributed by atoms with Gasteiger partial charge >= 0.3 is 0 Å². The van der Waals surface area contributed by atoms with Crippen LogP contribution in [0.15, 0.2) is 83.3 Å². The van der Waals surface area contributed by atoms with Crippen molar-refractivity contribution in [2.45, 2.75) is 0 Å². The molecular formula is C22H15N3O5. The molecular weight excluding hydrogens is 386 g/mol. The van der Waals surface area contributed by atoms with E-state index in [2.05, 4.69) is 10.6 Å². The summed E-state index contributed by atoms with van der Waals surface area (Å²) >= 11 is 0. The van der Waals surface area contributed by atoms with Gasteiger partial charge < -0.3 is 15.1 Å². The smallest absolute Gasteiger partial charge is 0.291 e. The van der Waals surface area contributed by atoms with E-state index in [9.17, 15) is 19.7 Å². The molecule has 0 saturated carbocycles. The van der Waals surface area contributed by atoms with Crippen molar-refractivity contribution in [1.82, 2.24) is 0 Å². The first-order chi connectivity index (χ1) is 14.5. The zero-order valence-electron chi connectivity index (χ0n) is 15.5. The monoisotopic (exact) mass is 401 g/mol. The van der Waals surface area contributed by atoms with Crippen LogP contribution in [0, 0.1) is 10.1 Å². The largest absolute Gasteiger partial charge is 0.451 e. The average Bonchev–Trinajstić information content (AvgIpc) is 3.19. The van der Waals surface area contributed by atoms with Gasteiger partial charge in [-0.05, 0) is 42.5 Å². The van der Waals surface area contributed by atoms with Crippen LogP contribution in [-0.2, 0) is 0 Å². The number of fused-ring (bicyclic) bond motifs is 1. The number of para-hydroxylation sites is 2. The van der Waals surface area contributed by atoms with Crippen LogP contribution < -0.4 is 10.6 Å². The first kappa shape index (κ1) is 18.9. The highest BCUT2D eigenvalue weighted by molar-refractivity contribution is 6.07. The number of hydrogen-bond acceptors (Lipinski definition) is 5. The molecule has 0 unspecified atom stereocenters. The highest BCUT2D eigenvalue weighted by Gasteiger charge is 2.19. The van der Waals surface area contributed by atoms with Gasteiger partial charge in [0.1, 0.15) is 11.1 Å². The van der Waals surface area contributed by atoms with Gasteiger partial charge in [0.25, 0.3) is 17.5 Å². The van der Waals surface area contributed by atoms with Crippen LogP contribution in [0.4, 0.5) is 17.1 Å². The summed E-state index contributed by atoms with van der Waals surface area (Å²) in [4.78, 5) is 35.2. The van der Waals surface area contributed by atoms with Gasteiger partial charge in [0.2, 0.25) is 0 Å². The van der Waals surface area contributed by atoms with Gasteiger partial charge in [-0.1, -0.05) is 30.3 Å². The maximum absolute atomic E-state index is 12.4. The third kappa shape index (κ3) is 3.88. The number of carbonyl (C=O) groups is 2. The molecule has 0 spiro atoms. The third-order valence-corrected chi connectivity index (χ3v) is 4.40. The van der Waals surface area contributed by atoms with Gasteiger partial charge in [-0.2, -0.15) is 0 Å². The lowest BCUT2D eigenvalue weighted by atomic mass is 10.1. The number of nitrogens with zero attached hydrogens (tertiary/aromatic N) is 1. The molecule has 0 aliphatic carbocycles. The summed E-state index contributed by atoms with van der Waals surface area (Å²) < 4.78 is 5.53. The molecule has 8 nitrogen and oxygen atoms in total. The summed E-state index contributed by atoms with van der Waals surface area (Å²) in [6.07, 6.45) is 0. The van der Waals surface area contributed by atoms with Crippen LogP contribution in [0.5, 0.6) is 0 Å². The second kappa shape index (κ2) is 7.88. The molecule has 0 fully saturated rings. The first-order valence-corrected chi connectivity index (χ1v) is 8.96. The molecule has 2 amide bonds. The van der Waals surface area contributed by atoms with Gasteiger partial charge in [0.05, 0.1) is 4.92 Å². The Balaban J connectivity index is 1.44. The molecule has 0 aliphatic rings. The van der Waals surface area contributed by atoms with Crippen molar-refractivity contribution in [2.75, 3.05) is 10.6 Å². The molecule has 3 aromatic carbocycles. The van der Waals surface area contributed by atoms with E-state index in [-0.39, 0.29) is 17.0 Å². The number of hydrogen-bond donors (Lipinski definition) is 2. The van der Waals surface area contributed by atoms with E-state index >= 15 is 0 Å². The molecule has 0 radical (unpaired) electrons. The molecule has 0 aliphatic heterocycles. The summed E-state index contributed by atoms with van der Waals surface area (Å²) in [7, 11) is 0.